The molecule has 0 radical (unpaired) electrons. The van der Waals surface area contributed by atoms with Crippen LogP contribution < -0.4 is 5.32 Å². The normalized spacial score (nSPS) is 34.2. The van der Waals surface area contributed by atoms with Gasteiger partial charge in [-0.3, -0.25) is 4.90 Å². The fourth-order valence-electron chi connectivity index (χ4n) is 2.76. The number of hydrogen-bond donors (Lipinski definition) is 1. The van der Waals surface area contributed by atoms with Gasteiger partial charge in [0.15, 0.2) is 0 Å². The zero-order chi connectivity index (χ0) is 10.5. The van der Waals surface area contributed by atoms with E-state index in [2.05, 4.69) is 17.1 Å². The molecule has 2 aliphatic rings. The van der Waals surface area contributed by atoms with Gasteiger partial charge in [0.05, 0.1) is 6.10 Å². The Labute approximate surface area is 93.2 Å². The first-order valence-corrected chi connectivity index (χ1v) is 6.46. The molecule has 15 heavy (non-hydrogen) atoms. The Morgan fingerprint density at radius 3 is 2.87 bits per heavy atom. The van der Waals surface area contributed by atoms with E-state index in [9.17, 15) is 0 Å². The molecule has 0 spiro atoms. The Kier molecular flexibility index (Phi) is 4.42. The van der Waals surface area contributed by atoms with Crippen LogP contribution in [0.2, 0.25) is 0 Å². The summed E-state index contributed by atoms with van der Waals surface area (Å²) in [6.45, 7) is 8.00. The van der Waals surface area contributed by atoms with Gasteiger partial charge in [0, 0.05) is 38.8 Å². The van der Waals surface area contributed by atoms with Crippen LogP contribution in [0.1, 0.15) is 32.6 Å². The third-order valence-corrected chi connectivity index (χ3v) is 3.62. The molecule has 2 atom stereocenters. The molecule has 2 aliphatic heterocycles. The molecule has 1 N–H and O–H groups in total. The fourth-order valence-corrected chi connectivity index (χ4v) is 2.76. The van der Waals surface area contributed by atoms with Crippen molar-refractivity contribution in [1.82, 2.24) is 10.2 Å². The van der Waals surface area contributed by atoms with Crippen LogP contribution in [0.4, 0.5) is 0 Å². The third kappa shape index (κ3) is 3.16. The summed E-state index contributed by atoms with van der Waals surface area (Å²) < 4.78 is 5.80. The van der Waals surface area contributed by atoms with Gasteiger partial charge in [-0.1, -0.05) is 13.3 Å². The molecular formula is C12H24N2O. The maximum atomic E-state index is 5.80. The number of ether oxygens (including phenoxy) is 1. The molecule has 0 aromatic heterocycles. The van der Waals surface area contributed by atoms with Crippen molar-refractivity contribution in [3.05, 3.63) is 0 Å². The van der Waals surface area contributed by atoms with E-state index >= 15 is 0 Å². The van der Waals surface area contributed by atoms with Crippen molar-refractivity contribution < 1.29 is 4.74 Å². The van der Waals surface area contributed by atoms with Crippen molar-refractivity contribution in [3.8, 4) is 0 Å². The van der Waals surface area contributed by atoms with E-state index in [0.29, 0.717) is 6.10 Å². The van der Waals surface area contributed by atoms with Crippen molar-refractivity contribution in [1.29, 1.82) is 0 Å². The molecular weight excluding hydrogens is 188 g/mol. The quantitative estimate of drug-likeness (QED) is 0.762. The van der Waals surface area contributed by atoms with Crippen LogP contribution in [0.25, 0.3) is 0 Å². The van der Waals surface area contributed by atoms with E-state index in [0.717, 1.165) is 25.7 Å². The highest BCUT2D eigenvalue weighted by atomic mass is 16.5. The summed E-state index contributed by atoms with van der Waals surface area (Å²) in [5.74, 6) is 0. The molecule has 0 aromatic rings. The van der Waals surface area contributed by atoms with Crippen LogP contribution in [0, 0.1) is 0 Å². The molecule has 2 rings (SSSR count). The monoisotopic (exact) mass is 212 g/mol. The van der Waals surface area contributed by atoms with E-state index in [1.165, 1.54) is 38.8 Å². The fraction of sp³-hybridized carbons (Fsp3) is 1.00. The van der Waals surface area contributed by atoms with Crippen molar-refractivity contribution in [2.75, 3.05) is 32.8 Å². The van der Waals surface area contributed by atoms with E-state index in [4.69, 9.17) is 4.74 Å². The number of piperazine rings is 1. The predicted octanol–water partition coefficient (Wildman–Crippen LogP) is 1.24. The molecule has 2 saturated heterocycles. The number of nitrogens with zero attached hydrogens (tertiary/aromatic N) is 1. The Morgan fingerprint density at radius 1 is 1.33 bits per heavy atom. The molecule has 2 unspecified atom stereocenters. The van der Waals surface area contributed by atoms with Crippen molar-refractivity contribution in [3.63, 3.8) is 0 Å². The second-order valence-corrected chi connectivity index (χ2v) is 4.75. The summed E-state index contributed by atoms with van der Waals surface area (Å²) in [5.41, 5.74) is 0. The number of rotatable bonds is 3. The first kappa shape index (κ1) is 11.4. The number of nitrogens with one attached hydrogen (secondary N) is 1. The van der Waals surface area contributed by atoms with Crippen LogP contribution in [-0.2, 0) is 4.74 Å². The van der Waals surface area contributed by atoms with Gasteiger partial charge in [0.2, 0.25) is 0 Å². The lowest BCUT2D eigenvalue weighted by molar-refractivity contribution is -0.0327. The minimum Gasteiger partial charge on any atom is -0.378 e. The molecule has 3 heteroatoms. The van der Waals surface area contributed by atoms with Crippen LogP contribution in [0.5, 0.6) is 0 Å². The predicted molar refractivity (Wildman–Crippen MR) is 62.1 cm³/mol. The zero-order valence-corrected chi connectivity index (χ0v) is 9.87. The molecule has 88 valence electrons. The number of hydrogen-bond acceptors (Lipinski definition) is 3. The van der Waals surface area contributed by atoms with Crippen molar-refractivity contribution in [2.45, 2.75) is 44.8 Å². The standard InChI is InChI=1S/C12H24N2O/c1-2-3-12-10-11(4-9-15-12)14-7-5-13-6-8-14/h11-13H,2-10H2,1H3. The summed E-state index contributed by atoms with van der Waals surface area (Å²) >= 11 is 0. The summed E-state index contributed by atoms with van der Waals surface area (Å²) in [6.07, 6.45) is 5.51. The second-order valence-electron chi connectivity index (χ2n) is 4.75. The van der Waals surface area contributed by atoms with Crippen LogP contribution >= 0.6 is 0 Å². The Hall–Kier alpha value is -0.120. The lowest BCUT2D eigenvalue weighted by Crippen LogP contribution is -2.51. The van der Waals surface area contributed by atoms with Gasteiger partial charge >= 0.3 is 0 Å². The topological polar surface area (TPSA) is 24.5 Å². The highest BCUT2D eigenvalue weighted by molar-refractivity contribution is 4.82. The average Bonchev–Trinajstić information content (AvgIpc) is 2.31. The maximum absolute atomic E-state index is 5.80. The Bertz CT molecular complexity index is 178. The minimum atomic E-state index is 0.531. The molecule has 2 heterocycles. The largest absolute Gasteiger partial charge is 0.378 e. The molecule has 0 amide bonds. The lowest BCUT2D eigenvalue weighted by Gasteiger charge is -2.39. The van der Waals surface area contributed by atoms with Gasteiger partial charge in [-0.2, -0.15) is 0 Å². The smallest absolute Gasteiger partial charge is 0.0590 e. The van der Waals surface area contributed by atoms with Gasteiger partial charge in [-0.05, 0) is 19.3 Å². The molecule has 0 saturated carbocycles. The molecule has 0 aliphatic carbocycles. The first-order valence-electron chi connectivity index (χ1n) is 6.46. The van der Waals surface area contributed by atoms with Gasteiger partial charge < -0.3 is 10.1 Å². The molecule has 0 aromatic carbocycles. The van der Waals surface area contributed by atoms with Crippen molar-refractivity contribution >= 4 is 0 Å². The highest BCUT2D eigenvalue weighted by Crippen LogP contribution is 2.22. The summed E-state index contributed by atoms with van der Waals surface area (Å²) in [6, 6.07) is 0.789. The summed E-state index contributed by atoms with van der Waals surface area (Å²) in [7, 11) is 0. The van der Waals surface area contributed by atoms with E-state index < -0.39 is 0 Å². The van der Waals surface area contributed by atoms with Gasteiger partial charge in [-0.15, -0.1) is 0 Å². The van der Waals surface area contributed by atoms with Gasteiger partial charge in [0.1, 0.15) is 0 Å². The van der Waals surface area contributed by atoms with Crippen molar-refractivity contribution in [2.24, 2.45) is 0 Å². The van der Waals surface area contributed by atoms with Gasteiger partial charge in [-0.25, -0.2) is 0 Å². The summed E-state index contributed by atoms with van der Waals surface area (Å²) in [4.78, 5) is 2.65. The summed E-state index contributed by atoms with van der Waals surface area (Å²) in [5, 5.41) is 3.42. The molecule has 2 fully saturated rings. The molecule has 3 nitrogen and oxygen atoms in total. The lowest BCUT2D eigenvalue weighted by atomic mass is 9.98. The van der Waals surface area contributed by atoms with Crippen LogP contribution in [-0.4, -0.2) is 49.8 Å². The second kappa shape index (κ2) is 5.83. The average molecular weight is 212 g/mol. The first-order chi connectivity index (χ1) is 7.40. The van der Waals surface area contributed by atoms with E-state index in [1.807, 2.05) is 0 Å². The zero-order valence-electron chi connectivity index (χ0n) is 9.87. The third-order valence-electron chi connectivity index (χ3n) is 3.62. The van der Waals surface area contributed by atoms with Crippen LogP contribution in [0.15, 0.2) is 0 Å². The van der Waals surface area contributed by atoms with E-state index in [1.54, 1.807) is 0 Å². The molecule has 0 bridgehead atoms. The SMILES string of the molecule is CCCC1CC(N2CCNCC2)CCO1. The Balaban J connectivity index is 1.80. The van der Waals surface area contributed by atoms with E-state index in [-0.39, 0.29) is 0 Å². The highest BCUT2D eigenvalue weighted by Gasteiger charge is 2.27. The Morgan fingerprint density at radius 2 is 2.13 bits per heavy atom. The van der Waals surface area contributed by atoms with Crippen LogP contribution in [0.3, 0.4) is 0 Å². The minimum absolute atomic E-state index is 0.531. The van der Waals surface area contributed by atoms with Gasteiger partial charge in [0.25, 0.3) is 0 Å². The maximum Gasteiger partial charge on any atom is 0.0590 e.